The Morgan fingerprint density at radius 3 is 2.21 bits per heavy atom. The summed E-state index contributed by atoms with van der Waals surface area (Å²) < 4.78 is 4.85. The zero-order valence-electron chi connectivity index (χ0n) is 15.2. The van der Waals surface area contributed by atoms with Crippen LogP contribution in [0.2, 0.25) is 5.02 Å². The van der Waals surface area contributed by atoms with Crippen molar-refractivity contribution in [2.45, 2.75) is 19.8 Å². The number of esters is 1. The molecule has 2 amide bonds. The molecule has 0 bridgehead atoms. The maximum Gasteiger partial charge on any atom is 0.306 e. The quantitative estimate of drug-likeness (QED) is 0.520. The van der Waals surface area contributed by atoms with Crippen molar-refractivity contribution < 1.29 is 23.9 Å². The predicted molar refractivity (Wildman–Crippen MR) is 105 cm³/mol. The van der Waals surface area contributed by atoms with Crippen LogP contribution in [0.4, 0.5) is 11.4 Å². The molecule has 0 fully saturated rings. The van der Waals surface area contributed by atoms with E-state index in [1.54, 1.807) is 48.5 Å². The molecule has 146 valence electrons. The van der Waals surface area contributed by atoms with Gasteiger partial charge in [-0.15, -0.1) is 0 Å². The topological polar surface area (TPSA) is 102 Å². The second-order valence-corrected chi connectivity index (χ2v) is 6.28. The second kappa shape index (κ2) is 10.2. The Morgan fingerprint density at radius 2 is 1.57 bits per heavy atom. The average Bonchev–Trinajstić information content (AvgIpc) is 2.67. The molecule has 2 N–H and O–H groups in total. The van der Waals surface area contributed by atoms with Gasteiger partial charge in [0.05, 0.1) is 17.1 Å². The summed E-state index contributed by atoms with van der Waals surface area (Å²) in [7, 11) is 0. The number of anilines is 2. The molecule has 2 rings (SSSR count). The summed E-state index contributed by atoms with van der Waals surface area (Å²) >= 11 is 5.94. The van der Waals surface area contributed by atoms with Crippen molar-refractivity contribution in [3.8, 4) is 0 Å². The van der Waals surface area contributed by atoms with E-state index in [1.807, 2.05) is 0 Å². The number of hydrogen-bond acceptors (Lipinski definition) is 5. The number of ether oxygens (including phenoxy) is 1. The van der Waals surface area contributed by atoms with Crippen LogP contribution < -0.4 is 10.6 Å². The number of hydrogen-bond donors (Lipinski definition) is 2. The van der Waals surface area contributed by atoms with Crippen molar-refractivity contribution in [3.05, 3.63) is 59.1 Å². The average molecular weight is 403 g/mol. The first-order chi connectivity index (χ1) is 13.3. The van der Waals surface area contributed by atoms with E-state index in [2.05, 4.69) is 10.6 Å². The third-order valence-electron chi connectivity index (χ3n) is 3.64. The molecule has 0 spiro atoms. The number of benzene rings is 2. The molecular weight excluding hydrogens is 384 g/mol. The van der Waals surface area contributed by atoms with Gasteiger partial charge in [-0.05, 0) is 43.3 Å². The van der Waals surface area contributed by atoms with Gasteiger partial charge in [0.25, 0.3) is 5.91 Å². The van der Waals surface area contributed by atoms with E-state index in [9.17, 15) is 19.2 Å². The van der Waals surface area contributed by atoms with Gasteiger partial charge in [0, 0.05) is 17.7 Å². The Kier molecular flexibility index (Phi) is 7.71. The van der Waals surface area contributed by atoms with E-state index in [4.69, 9.17) is 16.3 Å². The molecule has 0 aromatic heterocycles. The lowest BCUT2D eigenvalue weighted by molar-refractivity contribution is -0.147. The summed E-state index contributed by atoms with van der Waals surface area (Å²) in [5.74, 6) is -1.66. The van der Waals surface area contributed by atoms with Gasteiger partial charge in [0.15, 0.2) is 12.4 Å². The normalized spacial score (nSPS) is 10.1. The third kappa shape index (κ3) is 6.85. The van der Waals surface area contributed by atoms with Crippen molar-refractivity contribution in [1.82, 2.24) is 0 Å². The van der Waals surface area contributed by atoms with Crippen molar-refractivity contribution in [1.29, 1.82) is 0 Å². The molecule has 7 nitrogen and oxygen atoms in total. The molecule has 0 atom stereocenters. The summed E-state index contributed by atoms with van der Waals surface area (Å²) in [5, 5.41) is 5.53. The molecule has 2 aromatic rings. The minimum atomic E-state index is -0.670. The maximum atomic E-state index is 11.8. The van der Waals surface area contributed by atoms with Crippen LogP contribution in [0.25, 0.3) is 0 Å². The van der Waals surface area contributed by atoms with Crippen LogP contribution >= 0.6 is 11.6 Å². The van der Waals surface area contributed by atoms with Gasteiger partial charge in [0.1, 0.15) is 0 Å². The largest absolute Gasteiger partial charge is 0.456 e. The Hall–Kier alpha value is -3.19. The highest BCUT2D eigenvalue weighted by Crippen LogP contribution is 2.20. The van der Waals surface area contributed by atoms with Gasteiger partial charge >= 0.3 is 5.97 Å². The smallest absolute Gasteiger partial charge is 0.306 e. The molecule has 28 heavy (non-hydrogen) atoms. The molecule has 0 unspecified atom stereocenters. The third-order valence-corrected chi connectivity index (χ3v) is 3.97. The van der Waals surface area contributed by atoms with Crippen LogP contribution in [0.1, 0.15) is 30.1 Å². The first kappa shape index (κ1) is 21.1. The Morgan fingerprint density at radius 1 is 0.893 bits per heavy atom. The fraction of sp³-hybridized carbons (Fsp3) is 0.200. The van der Waals surface area contributed by atoms with Crippen LogP contribution in [0.3, 0.4) is 0 Å². The fourth-order valence-electron chi connectivity index (χ4n) is 2.19. The summed E-state index contributed by atoms with van der Waals surface area (Å²) in [6, 6.07) is 13.1. The van der Waals surface area contributed by atoms with Gasteiger partial charge in [-0.1, -0.05) is 23.7 Å². The summed E-state index contributed by atoms with van der Waals surface area (Å²) in [6.07, 6.45) is -0.269. The number of ketones is 1. The van der Waals surface area contributed by atoms with E-state index in [0.29, 0.717) is 22.0 Å². The van der Waals surface area contributed by atoms with E-state index < -0.39 is 18.5 Å². The molecule has 0 aliphatic carbocycles. The lowest BCUT2D eigenvalue weighted by Crippen LogP contribution is -2.21. The van der Waals surface area contributed by atoms with Crippen LogP contribution in [0, 0.1) is 0 Å². The molecule has 0 saturated heterocycles. The van der Waals surface area contributed by atoms with Crippen LogP contribution in [-0.4, -0.2) is 30.2 Å². The van der Waals surface area contributed by atoms with Crippen LogP contribution in [0.15, 0.2) is 48.5 Å². The SMILES string of the molecule is CC(=O)c1ccc(NC(=O)COC(=O)CCC(=O)Nc2ccccc2Cl)cc1. The number of para-hydroxylation sites is 1. The number of carbonyl (C=O) groups is 4. The summed E-state index contributed by atoms with van der Waals surface area (Å²) in [4.78, 5) is 46.5. The molecule has 0 radical (unpaired) electrons. The number of amides is 2. The van der Waals surface area contributed by atoms with E-state index in [0.717, 1.165) is 0 Å². The fourth-order valence-corrected chi connectivity index (χ4v) is 2.38. The summed E-state index contributed by atoms with van der Waals surface area (Å²) in [6.45, 7) is 0.973. The van der Waals surface area contributed by atoms with Crippen molar-refractivity contribution in [2.24, 2.45) is 0 Å². The van der Waals surface area contributed by atoms with Crippen molar-refractivity contribution in [2.75, 3.05) is 17.2 Å². The predicted octanol–water partition coefficient (Wildman–Crippen LogP) is 3.44. The lowest BCUT2D eigenvalue weighted by atomic mass is 10.1. The minimum absolute atomic E-state index is 0.0784. The highest BCUT2D eigenvalue weighted by atomic mass is 35.5. The summed E-state index contributed by atoms with van der Waals surface area (Å²) in [5.41, 5.74) is 1.46. The highest BCUT2D eigenvalue weighted by Gasteiger charge is 2.12. The Balaban J connectivity index is 1.70. The molecule has 2 aromatic carbocycles. The number of Topliss-reactive ketones (excluding diaryl/α,β-unsaturated/α-hetero) is 1. The van der Waals surface area contributed by atoms with Gasteiger partial charge in [-0.25, -0.2) is 0 Å². The number of carbonyl (C=O) groups excluding carboxylic acids is 4. The van der Waals surface area contributed by atoms with Gasteiger partial charge in [-0.2, -0.15) is 0 Å². The number of nitrogens with one attached hydrogen (secondary N) is 2. The standard InChI is InChI=1S/C20H19ClN2O5/c1-13(24)14-6-8-15(9-7-14)22-19(26)12-28-20(27)11-10-18(25)23-17-5-3-2-4-16(17)21/h2-9H,10-12H2,1H3,(H,22,26)(H,23,25). The highest BCUT2D eigenvalue weighted by molar-refractivity contribution is 6.33. The minimum Gasteiger partial charge on any atom is -0.456 e. The molecule has 0 saturated carbocycles. The Labute approximate surface area is 167 Å². The van der Waals surface area contributed by atoms with Crippen molar-refractivity contribution in [3.63, 3.8) is 0 Å². The molecule has 0 aliphatic rings. The van der Waals surface area contributed by atoms with Gasteiger partial charge in [-0.3, -0.25) is 19.2 Å². The second-order valence-electron chi connectivity index (χ2n) is 5.87. The molecular formula is C20H19ClN2O5. The van der Waals surface area contributed by atoms with Gasteiger partial charge in [0.2, 0.25) is 5.91 Å². The lowest BCUT2D eigenvalue weighted by Gasteiger charge is -2.08. The monoisotopic (exact) mass is 402 g/mol. The molecule has 8 heteroatoms. The van der Waals surface area contributed by atoms with Gasteiger partial charge < -0.3 is 15.4 Å². The van der Waals surface area contributed by atoms with E-state index >= 15 is 0 Å². The Bertz CT molecular complexity index is 880. The van der Waals surface area contributed by atoms with Crippen LogP contribution in [0.5, 0.6) is 0 Å². The molecule has 0 aliphatic heterocycles. The van der Waals surface area contributed by atoms with E-state index in [1.165, 1.54) is 6.92 Å². The molecule has 0 heterocycles. The first-order valence-electron chi connectivity index (χ1n) is 8.46. The first-order valence-corrected chi connectivity index (χ1v) is 8.84. The number of halogens is 1. The zero-order valence-corrected chi connectivity index (χ0v) is 15.9. The van der Waals surface area contributed by atoms with E-state index in [-0.39, 0.29) is 24.5 Å². The number of rotatable bonds is 8. The van der Waals surface area contributed by atoms with Crippen molar-refractivity contribution >= 4 is 46.5 Å². The zero-order chi connectivity index (χ0) is 20.5. The maximum absolute atomic E-state index is 11.8. The van der Waals surface area contributed by atoms with Crippen LogP contribution in [-0.2, 0) is 19.1 Å².